The van der Waals surface area contributed by atoms with Gasteiger partial charge in [-0.3, -0.25) is 0 Å². The monoisotopic (exact) mass is 283 g/mol. The third-order valence-corrected chi connectivity index (χ3v) is 5.15. The summed E-state index contributed by atoms with van der Waals surface area (Å²) in [6.45, 7) is 1.18. The quantitative estimate of drug-likeness (QED) is 0.702. The molecule has 0 spiro atoms. The highest BCUT2D eigenvalue weighted by molar-refractivity contribution is 6.32. The molecule has 18 heavy (non-hydrogen) atoms. The Morgan fingerprint density at radius 1 is 1.17 bits per heavy atom. The van der Waals surface area contributed by atoms with Crippen LogP contribution in [0.1, 0.15) is 37.7 Å². The van der Waals surface area contributed by atoms with Crippen LogP contribution in [0, 0.1) is 5.92 Å². The number of anilines is 1. The molecule has 1 aromatic carbocycles. The zero-order chi connectivity index (χ0) is 12.5. The van der Waals surface area contributed by atoms with Crippen LogP contribution in [0.15, 0.2) is 18.2 Å². The van der Waals surface area contributed by atoms with E-state index in [2.05, 4.69) is 23.1 Å². The van der Waals surface area contributed by atoms with Crippen molar-refractivity contribution >= 4 is 28.9 Å². The largest absolute Gasteiger partial charge is 0.368 e. The summed E-state index contributed by atoms with van der Waals surface area (Å²) in [6.07, 6.45) is 6.87. The summed E-state index contributed by atoms with van der Waals surface area (Å²) in [7, 11) is 0. The van der Waals surface area contributed by atoms with E-state index >= 15 is 0 Å². The molecule has 0 amide bonds. The number of piperidine rings is 1. The summed E-state index contributed by atoms with van der Waals surface area (Å²) in [6, 6.07) is 7.10. The first-order valence-electron chi connectivity index (χ1n) is 6.90. The second-order valence-electron chi connectivity index (χ2n) is 5.50. The second kappa shape index (κ2) is 5.30. The number of alkyl halides is 1. The maximum atomic E-state index is 6.28. The second-order valence-corrected chi connectivity index (χ2v) is 6.18. The molecule has 1 saturated carbocycles. The first-order valence-corrected chi connectivity index (χ1v) is 7.82. The fourth-order valence-corrected chi connectivity index (χ4v) is 4.14. The van der Waals surface area contributed by atoms with Crippen molar-refractivity contribution in [1.29, 1.82) is 0 Å². The van der Waals surface area contributed by atoms with E-state index in [1.165, 1.54) is 44.3 Å². The lowest BCUT2D eigenvalue weighted by molar-refractivity contribution is 0.362. The lowest BCUT2D eigenvalue weighted by Gasteiger charge is -2.39. The highest BCUT2D eigenvalue weighted by Gasteiger charge is 2.35. The highest BCUT2D eigenvalue weighted by atomic mass is 35.5. The SMILES string of the molecule is ClCc1ccc(N2CCCC3CCCC32)cc1Cl. The van der Waals surface area contributed by atoms with Crippen LogP contribution in [0.25, 0.3) is 0 Å². The van der Waals surface area contributed by atoms with Crippen LogP contribution >= 0.6 is 23.2 Å². The van der Waals surface area contributed by atoms with Gasteiger partial charge in [0.15, 0.2) is 0 Å². The third-order valence-electron chi connectivity index (χ3n) is 4.51. The Bertz CT molecular complexity index is 433. The van der Waals surface area contributed by atoms with Gasteiger partial charge in [-0.2, -0.15) is 0 Å². The van der Waals surface area contributed by atoms with Gasteiger partial charge in [0.25, 0.3) is 0 Å². The molecule has 3 rings (SSSR count). The highest BCUT2D eigenvalue weighted by Crippen LogP contribution is 2.39. The van der Waals surface area contributed by atoms with Crippen LogP contribution in [0.2, 0.25) is 5.02 Å². The van der Waals surface area contributed by atoms with E-state index in [9.17, 15) is 0 Å². The van der Waals surface area contributed by atoms with Crippen molar-refractivity contribution in [2.75, 3.05) is 11.4 Å². The first-order chi connectivity index (χ1) is 8.79. The van der Waals surface area contributed by atoms with Gasteiger partial charge in [-0.1, -0.05) is 24.1 Å². The van der Waals surface area contributed by atoms with Gasteiger partial charge in [0.2, 0.25) is 0 Å². The molecule has 1 aliphatic carbocycles. The van der Waals surface area contributed by atoms with Crippen molar-refractivity contribution in [3.05, 3.63) is 28.8 Å². The molecule has 98 valence electrons. The molecule has 0 bridgehead atoms. The van der Waals surface area contributed by atoms with Crippen molar-refractivity contribution in [1.82, 2.24) is 0 Å². The summed E-state index contributed by atoms with van der Waals surface area (Å²) in [4.78, 5) is 2.57. The third kappa shape index (κ3) is 2.23. The smallest absolute Gasteiger partial charge is 0.0488 e. The number of hydrogen-bond donors (Lipinski definition) is 0. The zero-order valence-corrected chi connectivity index (χ0v) is 12.1. The molecule has 1 heterocycles. The van der Waals surface area contributed by atoms with Gasteiger partial charge in [-0.05, 0) is 49.3 Å². The minimum Gasteiger partial charge on any atom is -0.368 e. The van der Waals surface area contributed by atoms with Crippen molar-refractivity contribution in [2.45, 2.75) is 44.0 Å². The van der Waals surface area contributed by atoms with Gasteiger partial charge in [-0.25, -0.2) is 0 Å². The number of rotatable bonds is 2. The van der Waals surface area contributed by atoms with E-state index in [0.29, 0.717) is 5.88 Å². The molecule has 0 aromatic heterocycles. The maximum Gasteiger partial charge on any atom is 0.0488 e. The zero-order valence-electron chi connectivity index (χ0n) is 10.5. The molecule has 1 saturated heterocycles. The topological polar surface area (TPSA) is 3.24 Å². The fraction of sp³-hybridized carbons (Fsp3) is 0.600. The molecule has 0 radical (unpaired) electrons. The van der Waals surface area contributed by atoms with Crippen molar-refractivity contribution in [2.24, 2.45) is 5.92 Å². The van der Waals surface area contributed by atoms with Crippen LogP contribution in [-0.2, 0) is 5.88 Å². The van der Waals surface area contributed by atoms with Gasteiger partial charge in [0.05, 0.1) is 0 Å². The minimum absolute atomic E-state index is 0.491. The predicted molar refractivity (Wildman–Crippen MR) is 78.7 cm³/mol. The lowest BCUT2D eigenvalue weighted by Crippen LogP contribution is -2.42. The first kappa shape index (κ1) is 12.6. The molecular formula is C15H19Cl2N. The predicted octanol–water partition coefficient (Wildman–Crippen LogP) is 4.85. The summed E-state index contributed by atoms with van der Waals surface area (Å²) in [5.74, 6) is 1.40. The van der Waals surface area contributed by atoms with Crippen molar-refractivity contribution in [3.63, 3.8) is 0 Å². The average molecular weight is 284 g/mol. The van der Waals surface area contributed by atoms with E-state index < -0.39 is 0 Å². The van der Waals surface area contributed by atoms with Crippen LogP contribution in [0.3, 0.4) is 0 Å². The van der Waals surface area contributed by atoms with Crippen LogP contribution in [0.4, 0.5) is 5.69 Å². The minimum atomic E-state index is 0.491. The van der Waals surface area contributed by atoms with Gasteiger partial charge in [0, 0.05) is 29.2 Å². The number of fused-ring (bicyclic) bond motifs is 1. The molecule has 2 atom stereocenters. The number of benzene rings is 1. The van der Waals surface area contributed by atoms with E-state index in [0.717, 1.165) is 22.5 Å². The maximum absolute atomic E-state index is 6.28. The number of halogens is 2. The lowest BCUT2D eigenvalue weighted by atomic mass is 9.91. The molecule has 2 aliphatic rings. The van der Waals surface area contributed by atoms with Gasteiger partial charge in [-0.15, -0.1) is 11.6 Å². The van der Waals surface area contributed by atoms with Crippen LogP contribution in [0.5, 0.6) is 0 Å². The number of hydrogen-bond acceptors (Lipinski definition) is 1. The Labute approximate surface area is 119 Å². The van der Waals surface area contributed by atoms with Gasteiger partial charge >= 0.3 is 0 Å². The normalized spacial score (nSPS) is 27.3. The Balaban J connectivity index is 1.87. The fourth-order valence-electron chi connectivity index (χ4n) is 3.60. The van der Waals surface area contributed by atoms with Gasteiger partial charge in [0.1, 0.15) is 0 Å². The van der Waals surface area contributed by atoms with Crippen LogP contribution in [-0.4, -0.2) is 12.6 Å². The van der Waals surface area contributed by atoms with Crippen LogP contribution < -0.4 is 4.90 Å². The molecule has 1 aromatic rings. The summed E-state index contributed by atoms with van der Waals surface area (Å²) in [5, 5.41) is 0.808. The van der Waals surface area contributed by atoms with E-state index in [4.69, 9.17) is 23.2 Å². The van der Waals surface area contributed by atoms with E-state index in [1.54, 1.807) is 0 Å². The summed E-state index contributed by atoms with van der Waals surface area (Å²) >= 11 is 12.1. The van der Waals surface area contributed by atoms with Gasteiger partial charge < -0.3 is 4.90 Å². The van der Waals surface area contributed by atoms with E-state index in [-0.39, 0.29) is 0 Å². The molecule has 2 unspecified atom stereocenters. The number of nitrogens with zero attached hydrogens (tertiary/aromatic N) is 1. The molecular weight excluding hydrogens is 265 g/mol. The molecule has 1 nitrogen and oxygen atoms in total. The Morgan fingerprint density at radius 3 is 2.78 bits per heavy atom. The Kier molecular flexibility index (Phi) is 3.72. The molecule has 3 heteroatoms. The summed E-state index contributed by atoms with van der Waals surface area (Å²) in [5.41, 5.74) is 2.31. The molecule has 1 aliphatic heterocycles. The molecule has 0 N–H and O–H groups in total. The Morgan fingerprint density at radius 2 is 2.00 bits per heavy atom. The summed E-state index contributed by atoms with van der Waals surface area (Å²) < 4.78 is 0. The average Bonchev–Trinajstić information content (AvgIpc) is 2.86. The standard InChI is InChI=1S/C15H19Cl2N/c16-10-12-6-7-13(9-14(12)17)18-8-2-4-11-3-1-5-15(11)18/h6-7,9,11,15H,1-5,8,10H2. The van der Waals surface area contributed by atoms with E-state index in [1.807, 2.05) is 0 Å². The Hall–Kier alpha value is -0.400. The van der Waals surface area contributed by atoms with Crippen molar-refractivity contribution < 1.29 is 0 Å². The van der Waals surface area contributed by atoms with Crippen molar-refractivity contribution in [3.8, 4) is 0 Å². The molecule has 2 fully saturated rings.